The Morgan fingerprint density at radius 1 is 0.397 bits per heavy atom. The van der Waals surface area contributed by atoms with Gasteiger partial charge >= 0.3 is 15.6 Å². The molecule has 0 unspecified atom stereocenters. The first-order chi connectivity index (χ1) is 57.0. The zero-order valence-electron chi connectivity index (χ0n) is 69.6. The Labute approximate surface area is 732 Å². The summed E-state index contributed by atoms with van der Waals surface area (Å²) in [6, 6.07) is 86.3. The predicted octanol–water partition coefficient (Wildman–Crippen LogP) is 25.1. The van der Waals surface area contributed by atoms with Crippen LogP contribution in [0.1, 0.15) is 126 Å². The number of hydrogen-bond donors (Lipinski definition) is 3. The maximum atomic E-state index is 14.3. The third kappa shape index (κ3) is 26.7. The van der Waals surface area contributed by atoms with Gasteiger partial charge in [-0.15, -0.1) is 124 Å². The van der Waals surface area contributed by atoms with E-state index >= 15 is 0 Å². The van der Waals surface area contributed by atoms with Gasteiger partial charge in [0.2, 0.25) is 11.4 Å². The molecule has 9 aromatic heterocycles. The van der Waals surface area contributed by atoms with Crippen LogP contribution in [-0.2, 0) is 63.2 Å². The average Bonchev–Trinajstić information content (AvgIpc) is 1.63. The number of para-hydroxylation sites is 1. The monoisotopic (exact) mass is 2010 g/mol. The quantitative estimate of drug-likeness (QED) is 0.0400. The van der Waals surface area contributed by atoms with Gasteiger partial charge in [0.15, 0.2) is 0 Å². The van der Waals surface area contributed by atoms with E-state index in [-0.39, 0.29) is 51.8 Å². The molecule has 2 radical (unpaired) electrons. The van der Waals surface area contributed by atoms with E-state index in [1.54, 1.807) is 43.1 Å². The van der Waals surface area contributed by atoms with Crippen LogP contribution in [0.15, 0.2) is 264 Å². The Bertz CT molecular complexity index is 5620. The van der Waals surface area contributed by atoms with Crippen LogP contribution in [0, 0.1) is 61.6 Å². The maximum Gasteiger partial charge on any atom is 0.522 e. The molecule has 9 heterocycles. The first kappa shape index (κ1) is 97.1. The van der Waals surface area contributed by atoms with Gasteiger partial charge in [0.05, 0.1) is 11.3 Å². The van der Waals surface area contributed by atoms with Crippen molar-refractivity contribution in [2.75, 3.05) is 14.2 Å². The average molecular weight is 2010 g/mol. The summed E-state index contributed by atoms with van der Waals surface area (Å²) in [4.78, 5) is 31.1. The SMILES string of the molecule is CC(C)c1c[c-]c(-c2ccccn2)cc1.CC(C)c1c[c-]c(-c2ccccn2)cc1.CC(C)c1c[c-]c(-c2ccccn2)cc1.CO.CO.Cc1ccc2c(n1)oc1c(-c3cc(-c4ccc(F)c(CC(C)C)c4)ccn3)[c-]ccc12.Cc1ccc2c(n1)oc1c(-c3cc(-c4ccc(F)c(CC(C)C)c4)ccn3)cccc12.O=S(=O)(O)C(F)(F)F.[Ir].[Ir]. The fraction of sp³-hybridized carbons (Fsp3) is 0.222. The summed E-state index contributed by atoms with van der Waals surface area (Å²) in [5.74, 6) is 2.13. The summed E-state index contributed by atoms with van der Waals surface area (Å²) in [7, 11) is -3.84. The molecule has 3 N–H and O–H groups in total. The van der Waals surface area contributed by atoms with Gasteiger partial charge in [-0.25, -0.2) is 18.7 Å². The van der Waals surface area contributed by atoms with Gasteiger partial charge in [0, 0.05) is 119 Å². The van der Waals surface area contributed by atoms with Gasteiger partial charge in [-0.1, -0.05) is 165 Å². The van der Waals surface area contributed by atoms with Crippen LogP contribution in [0.3, 0.4) is 0 Å². The van der Waals surface area contributed by atoms with E-state index in [9.17, 15) is 22.0 Å². The molecule has 7 aromatic carbocycles. The fourth-order valence-electron chi connectivity index (χ4n) is 12.5. The second kappa shape index (κ2) is 46.1. The van der Waals surface area contributed by atoms with Crippen molar-refractivity contribution in [3.8, 4) is 78.5 Å². The number of alkyl halides is 3. The van der Waals surface area contributed by atoms with Gasteiger partial charge in [-0.05, 0) is 186 Å². The summed E-state index contributed by atoms with van der Waals surface area (Å²) >= 11 is 0. The molecule has 0 aliphatic carbocycles. The van der Waals surface area contributed by atoms with Crippen LogP contribution in [0.2, 0.25) is 0 Å². The maximum absolute atomic E-state index is 14.3. The summed E-state index contributed by atoms with van der Waals surface area (Å²) in [6.45, 7) is 25.4. The van der Waals surface area contributed by atoms with Gasteiger partial charge in [-0.3, -0.25) is 9.54 Å². The predicted molar refractivity (Wildman–Crippen MR) is 467 cm³/mol. The van der Waals surface area contributed by atoms with Crippen molar-refractivity contribution < 1.29 is 94.2 Å². The van der Waals surface area contributed by atoms with Crippen molar-refractivity contribution in [3.63, 3.8) is 0 Å². The van der Waals surface area contributed by atoms with Crippen LogP contribution in [-0.4, -0.2) is 77.8 Å². The number of aromatic nitrogens is 7. The molecule has 0 aliphatic rings. The van der Waals surface area contributed by atoms with Crippen LogP contribution >= 0.6 is 0 Å². The number of rotatable bonds is 14. The number of furan rings is 2. The van der Waals surface area contributed by atoms with Gasteiger partial charge < -0.3 is 39.0 Å². The fourth-order valence-corrected chi connectivity index (χ4v) is 12.5. The third-order valence-electron chi connectivity index (χ3n) is 18.6. The topological polar surface area (TPSA) is 211 Å². The Morgan fingerprint density at radius 2 is 0.769 bits per heavy atom. The minimum Gasteiger partial charge on any atom is -0.486 e. The number of fused-ring (bicyclic) bond motifs is 6. The first-order valence-electron chi connectivity index (χ1n) is 38.8. The Kier molecular flexibility index (Phi) is 37.0. The molecule has 0 fully saturated rings. The van der Waals surface area contributed by atoms with Crippen molar-refractivity contribution in [2.24, 2.45) is 11.8 Å². The third-order valence-corrected chi connectivity index (χ3v) is 19.2. The molecule has 0 aliphatic heterocycles. The molecule has 22 heteroatoms. The molecule has 632 valence electrons. The zero-order valence-corrected chi connectivity index (χ0v) is 75.2. The van der Waals surface area contributed by atoms with E-state index in [4.69, 9.17) is 32.0 Å². The van der Waals surface area contributed by atoms with E-state index in [0.717, 1.165) is 148 Å². The molecule has 14 nitrogen and oxygen atoms in total. The van der Waals surface area contributed by atoms with Crippen molar-refractivity contribution in [1.82, 2.24) is 34.9 Å². The van der Waals surface area contributed by atoms with Crippen molar-refractivity contribution in [3.05, 3.63) is 331 Å². The van der Waals surface area contributed by atoms with Crippen molar-refractivity contribution >= 4 is 54.3 Å². The van der Waals surface area contributed by atoms with E-state index in [1.165, 1.54) is 16.7 Å². The number of aliphatic hydroxyl groups excluding tert-OH is 2. The molecule has 0 saturated heterocycles. The molecule has 0 bridgehead atoms. The molecule has 0 atom stereocenters. The molecule has 0 amide bonds. The molecule has 0 spiro atoms. The first-order valence-corrected chi connectivity index (χ1v) is 40.2. The standard InChI is InChI=1S/C27H23FN2O.C27H22FN2O.3C14H14N.CHF3O3S.2CH4O.2Ir/c2*1-16(2)13-20-14-18(8-10-24(20)28)19-11-12-29-25(15-19)23-6-4-5-21-22-9-7-17(3)30-27(22)31-26(21)23;3*1-11(2)12-6-8-13(9-7-12)14-5-3-4-10-15-14;2-1(3,4)8(5,6)7;2*1-2;;/h4-12,14-16H,13H2,1-3H3;4-5,7-12,14-16H,13H2,1-3H3;3*3-8,10-11H,1-2H3;(H,5,6,7);2*2H,1H3;;/q;4*-1;;;;;. The van der Waals surface area contributed by atoms with Crippen LogP contribution in [0.4, 0.5) is 22.0 Å². The number of benzene rings is 7. The minimum absolute atomic E-state index is 0. The number of pyridine rings is 7. The Morgan fingerprint density at radius 3 is 1.13 bits per heavy atom. The van der Waals surface area contributed by atoms with Crippen LogP contribution < -0.4 is 0 Å². The van der Waals surface area contributed by atoms with Crippen LogP contribution in [0.25, 0.3) is 123 Å². The van der Waals surface area contributed by atoms with Crippen molar-refractivity contribution in [2.45, 2.75) is 119 Å². The van der Waals surface area contributed by atoms with E-state index < -0.39 is 15.6 Å². The second-order valence-corrected chi connectivity index (χ2v) is 30.8. The van der Waals surface area contributed by atoms with E-state index in [0.29, 0.717) is 53.9 Å². The summed E-state index contributed by atoms with van der Waals surface area (Å²) in [6.07, 6.45) is 10.4. The Balaban J connectivity index is 0.000000208. The number of hydrogen-bond acceptors (Lipinski definition) is 13. The second-order valence-electron chi connectivity index (χ2n) is 29.4. The van der Waals surface area contributed by atoms with Crippen LogP contribution in [0.5, 0.6) is 0 Å². The molecule has 16 rings (SSSR count). The number of halogens is 5. The van der Waals surface area contributed by atoms with Gasteiger partial charge in [0.25, 0.3) is 0 Å². The molecular weight excluding hydrogens is 1910 g/mol. The Hall–Kier alpha value is -11.0. The van der Waals surface area contributed by atoms with E-state index in [2.05, 4.69) is 183 Å². The summed E-state index contributed by atoms with van der Waals surface area (Å²) < 4.78 is 98.3. The van der Waals surface area contributed by atoms with Crippen molar-refractivity contribution in [1.29, 1.82) is 0 Å². The normalized spacial score (nSPS) is 10.9. The minimum atomic E-state index is -5.84. The molecular formula is C99H96F5Ir2N7O7S-4. The summed E-state index contributed by atoms with van der Waals surface area (Å²) in [5.41, 5.74) is 17.8. The smallest absolute Gasteiger partial charge is 0.486 e. The molecule has 16 aromatic rings. The largest absolute Gasteiger partial charge is 0.522 e. The zero-order chi connectivity index (χ0) is 86.1. The molecule has 121 heavy (non-hydrogen) atoms. The van der Waals surface area contributed by atoms with E-state index in [1.807, 2.05) is 172 Å². The summed E-state index contributed by atoms with van der Waals surface area (Å²) in [5, 5.41) is 18.0. The van der Waals surface area contributed by atoms with Gasteiger partial charge in [-0.2, -0.15) is 21.6 Å². The molecule has 0 saturated carbocycles. The number of nitrogens with zero attached hydrogens (tertiary/aromatic N) is 7. The van der Waals surface area contributed by atoms with Gasteiger partial charge in [0.1, 0.15) is 17.2 Å². The number of aliphatic hydroxyl groups is 2. The number of aryl methyl sites for hydroxylation is 2.